The van der Waals surface area contributed by atoms with E-state index in [1.807, 2.05) is 0 Å². The molecule has 7 heteroatoms. The SMILES string of the molecule is COC(=O)Cc1ncc(C(F)F)c(CCl)c1N. The van der Waals surface area contributed by atoms with Gasteiger partial charge in [0.1, 0.15) is 0 Å². The first kappa shape index (κ1) is 13.6. The van der Waals surface area contributed by atoms with E-state index in [2.05, 4.69) is 9.72 Å². The molecule has 0 aliphatic carbocycles. The number of aromatic nitrogens is 1. The molecule has 0 spiro atoms. The molecule has 1 rings (SSSR count). The van der Waals surface area contributed by atoms with Gasteiger partial charge in [-0.05, 0) is 0 Å². The van der Waals surface area contributed by atoms with Gasteiger partial charge in [0, 0.05) is 17.3 Å². The molecule has 0 aliphatic rings. The van der Waals surface area contributed by atoms with Crippen molar-refractivity contribution in [2.75, 3.05) is 12.8 Å². The predicted octanol–water partition coefficient (Wildman–Crippen LogP) is 2.06. The fourth-order valence-electron chi connectivity index (χ4n) is 1.31. The van der Waals surface area contributed by atoms with Crippen LogP contribution in [0.3, 0.4) is 0 Å². The Morgan fingerprint density at radius 2 is 2.29 bits per heavy atom. The van der Waals surface area contributed by atoms with Gasteiger partial charge in [0.05, 0.1) is 30.8 Å². The Hall–Kier alpha value is -1.43. The van der Waals surface area contributed by atoms with Gasteiger partial charge in [-0.15, -0.1) is 11.6 Å². The highest BCUT2D eigenvalue weighted by atomic mass is 35.5. The van der Waals surface area contributed by atoms with E-state index in [9.17, 15) is 13.6 Å². The second-order valence-electron chi connectivity index (χ2n) is 3.24. The first-order valence-corrected chi connectivity index (χ1v) is 5.21. The number of methoxy groups -OCH3 is 1. The number of halogens is 3. The van der Waals surface area contributed by atoms with Crippen LogP contribution in [0.4, 0.5) is 14.5 Å². The smallest absolute Gasteiger partial charge is 0.311 e. The van der Waals surface area contributed by atoms with Crippen molar-refractivity contribution in [2.45, 2.75) is 18.7 Å². The molecule has 1 aromatic rings. The quantitative estimate of drug-likeness (QED) is 0.668. The van der Waals surface area contributed by atoms with E-state index in [-0.39, 0.29) is 34.8 Å². The van der Waals surface area contributed by atoms with Gasteiger partial charge < -0.3 is 10.5 Å². The molecule has 0 bridgehead atoms. The van der Waals surface area contributed by atoms with Crippen molar-refractivity contribution in [3.8, 4) is 0 Å². The molecule has 17 heavy (non-hydrogen) atoms. The van der Waals surface area contributed by atoms with Crippen LogP contribution in [-0.2, 0) is 21.8 Å². The number of esters is 1. The minimum atomic E-state index is -2.70. The lowest BCUT2D eigenvalue weighted by atomic mass is 10.1. The van der Waals surface area contributed by atoms with Crippen molar-refractivity contribution in [1.82, 2.24) is 4.98 Å². The molecule has 94 valence electrons. The lowest BCUT2D eigenvalue weighted by molar-refractivity contribution is -0.139. The van der Waals surface area contributed by atoms with Gasteiger partial charge in [-0.3, -0.25) is 9.78 Å². The number of nitrogen functional groups attached to an aromatic ring is 1. The second kappa shape index (κ2) is 5.77. The predicted molar refractivity (Wildman–Crippen MR) is 58.9 cm³/mol. The van der Waals surface area contributed by atoms with Crippen molar-refractivity contribution in [1.29, 1.82) is 0 Å². The Morgan fingerprint density at radius 3 is 2.76 bits per heavy atom. The van der Waals surface area contributed by atoms with Gasteiger partial charge in [0.25, 0.3) is 6.43 Å². The number of nitrogens with zero attached hydrogens (tertiary/aromatic N) is 1. The average Bonchev–Trinajstić information content (AvgIpc) is 2.30. The topological polar surface area (TPSA) is 65.2 Å². The molecule has 0 atom stereocenters. The third-order valence-electron chi connectivity index (χ3n) is 2.25. The minimum absolute atomic E-state index is 0.0169. The number of rotatable bonds is 4. The highest BCUT2D eigenvalue weighted by molar-refractivity contribution is 6.17. The Balaban J connectivity index is 3.15. The molecule has 2 N–H and O–H groups in total. The Bertz CT molecular complexity index is 427. The summed E-state index contributed by atoms with van der Waals surface area (Å²) in [7, 11) is 1.22. The van der Waals surface area contributed by atoms with Gasteiger partial charge in [-0.1, -0.05) is 0 Å². The number of anilines is 1. The molecule has 0 aromatic carbocycles. The molecule has 0 radical (unpaired) electrons. The number of carbonyl (C=O) groups is 1. The maximum Gasteiger partial charge on any atom is 0.311 e. The molecule has 1 aromatic heterocycles. The number of hydrogen-bond donors (Lipinski definition) is 1. The van der Waals surface area contributed by atoms with E-state index in [4.69, 9.17) is 17.3 Å². The van der Waals surface area contributed by atoms with E-state index in [0.717, 1.165) is 6.20 Å². The second-order valence-corrected chi connectivity index (χ2v) is 3.51. The van der Waals surface area contributed by atoms with E-state index in [0.29, 0.717) is 0 Å². The fourth-order valence-corrected chi connectivity index (χ4v) is 1.61. The summed E-state index contributed by atoms with van der Waals surface area (Å²) >= 11 is 5.57. The Kier molecular flexibility index (Phi) is 4.62. The zero-order valence-electron chi connectivity index (χ0n) is 9.04. The summed E-state index contributed by atoms with van der Waals surface area (Å²) in [6, 6.07) is 0. The van der Waals surface area contributed by atoms with Crippen LogP contribution in [0.2, 0.25) is 0 Å². The van der Waals surface area contributed by atoms with Crippen molar-refractivity contribution < 1.29 is 18.3 Å². The Labute approximate surface area is 102 Å². The maximum absolute atomic E-state index is 12.6. The van der Waals surface area contributed by atoms with Gasteiger partial charge in [0.2, 0.25) is 0 Å². The van der Waals surface area contributed by atoms with Crippen LogP contribution in [-0.4, -0.2) is 18.1 Å². The minimum Gasteiger partial charge on any atom is -0.469 e. The van der Waals surface area contributed by atoms with Crippen LogP contribution in [0.1, 0.15) is 23.2 Å². The van der Waals surface area contributed by atoms with E-state index in [1.165, 1.54) is 7.11 Å². The standard InChI is InChI=1S/C10H11ClF2N2O2/c1-17-8(16)2-7-9(14)5(3-11)6(4-15-7)10(12)13/h4,10H,2-3,14H2,1H3. The molecular weight excluding hydrogens is 254 g/mol. The van der Waals surface area contributed by atoms with Crippen molar-refractivity contribution in [3.63, 3.8) is 0 Å². The number of ether oxygens (including phenoxy) is 1. The summed E-state index contributed by atoms with van der Waals surface area (Å²) in [5.74, 6) is -0.711. The molecular formula is C10H11ClF2N2O2. The van der Waals surface area contributed by atoms with Gasteiger partial charge in [0.15, 0.2) is 0 Å². The van der Waals surface area contributed by atoms with Crippen LogP contribution in [0.5, 0.6) is 0 Å². The van der Waals surface area contributed by atoms with Crippen molar-refractivity contribution >= 4 is 23.3 Å². The van der Waals surface area contributed by atoms with E-state index >= 15 is 0 Å². The summed E-state index contributed by atoms with van der Waals surface area (Å²) < 4.78 is 29.7. The largest absolute Gasteiger partial charge is 0.469 e. The fraction of sp³-hybridized carbons (Fsp3) is 0.400. The first-order valence-electron chi connectivity index (χ1n) is 4.68. The van der Waals surface area contributed by atoms with Crippen molar-refractivity contribution in [3.05, 3.63) is 23.0 Å². The summed E-state index contributed by atoms with van der Waals surface area (Å²) in [4.78, 5) is 14.8. The van der Waals surface area contributed by atoms with Crippen LogP contribution < -0.4 is 5.73 Å². The molecule has 0 amide bonds. The summed E-state index contributed by atoms with van der Waals surface area (Å²) in [5, 5.41) is 0. The number of hydrogen-bond acceptors (Lipinski definition) is 4. The van der Waals surface area contributed by atoms with Gasteiger partial charge >= 0.3 is 5.97 Å². The third kappa shape index (κ3) is 3.03. The number of alkyl halides is 3. The van der Waals surface area contributed by atoms with Gasteiger partial charge in [-0.2, -0.15) is 0 Å². The number of carbonyl (C=O) groups excluding carboxylic acids is 1. The molecule has 0 saturated heterocycles. The number of pyridine rings is 1. The van der Waals surface area contributed by atoms with E-state index in [1.54, 1.807) is 0 Å². The van der Waals surface area contributed by atoms with Gasteiger partial charge in [-0.25, -0.2) is 8.78 Å². The summed E-state index contributed by atoms with van der Waals surface area (Å²) in [6.45, 7) is 0. The zero-order chi connectivity index (χ0) is 13.0. The molecule has 0 saturated carbocycles. The average molecular weight is 265 g/mol. The summed E-state index contributed by atoms with van der Waals surface area (Å²) in [6.07, 6.45) is -1.89. The third-order valence-corrected chi connectivity index (χ3v) is 2.52. The molecule has 1 heterocycles. The molecule has 4 nitrogen and oxygen atoms in total. The monoisotopic (exact) mass is 264 g/mol. The Morgan fingerprint density at radius 1 is 1.65 bits per heavy atom. The van der Waals surface area contributed by atoms with Crippen LogP contribution in [0.15, 0.2) is 6.20 Å². The van der Waals surface area contributed by atoms with Crippen LogP contribution in [0.25, 0.3) is 0 Å². The van der Waals surface area contributed by atoms with E-state index < -0.39 is 12.4 Å². The lowest BCUT2D eigenvalue weighted by Crippen LogP contribution is -2.11. The highest BCUT2D eigenvalue weighted by Gasteiger charge is 2.19. The number of nitrogens with two attached hydrogens (primary N) is 1. The molecule has 0 unspecified atom stereocenters. The lowest BCUT2D eigenvalue weighted by Gasteiger charge is -2.12. The molecule has 0 aliphatic heterocycles. The van der Waals surface area contributed by atoms with Crippen LogP contribution >= 0.6 is 11.6 Å². The van der Waals surface area contributed by atoms with Crippen molar-refractivity contribution in [2.24, 2.45) is 0 Å². The maximum atomic E-state index is 12.6. The van der Waals surface area contributed by atoms with Crippen LogP contribution in [0, 0.1) is 0 Å². The first-order chi connectivity index (χ1) is 8.01. The zero-order valence-corrected chi connectivity index (χ0v) is 9.80. The normalized spacial score (nSPS) is 10.6. The molecule has 0 fully saturated rings. The summed E-state index contributed by atoms with van der Waals surface area (Å²) in [5.41, 5.74) is 5.65. The highest BCUT2D eigenvalue weighted by Crippen LogP contribution is 2.29.